The van der Waals surface area contributed by atoms with E-state index in [1.165, 1.54) is 23.0 Å². The van der Waals surface area contributed by atoms with E-state index in [1.54, 1.807) is 44.4 Å². The molecule has 0 amide bonds. The van der Waals surface area contributed by atoms with Crippen LogP contribution in [0.3, 0.4) is 0 Å². The second kappa shape index (κ2) is 12.5. The molecule has 0 N–H and O–H groups in total. The van der Waals surface area contributed by atoms with E-state index in [-0.39, 0.29) is 12.2 Å². The Bertz CT molecular complexity index is 1590. The molecule has 0 radical (unpaired) electrons. The van der Waals surface area contributed by atoms with Crippen LogP contribution in [-0.2, 0) is 9.53 Å². The molecule has 3 aromatic rings. The van der Waals surface area contributed by atoms with Crippen LogP contribution in [0.5, 0.6) is 17.2 Å². The number of thiazole rings is 1. The molecule has 1 atom stereocenters. The van der Waals surface area contributed by atoms with Gasteiger partial charge in [-0.25, -0.2) is 9.79 Å². The molecule has 0 saturated heterocycles. The Balaban J connectivity index is 2.05. The number of ether oxygens (including phenoxy) is 4. The third-order valence-electron chi connectivity index (χ3n) is 6.18. The highest BCUT2D eigenvalue weighted by molar-refractivity contribution is 7.07. The highest BCUT2D eigenvalue weighted by Gasteiger charge is 2.36. The lowest BCUT2D eigenvalue weighted by atomic mass is 9.93. The molecule has 0 aliphatic carbocycles. The average molecular weight is 571 g/mol. The summed E-state index contributed by atoms with van der Waals surface area (Å²) in [7, 11) is 3.11. The van der Waals surface area contributed by atoms with Gasteiger partial charge in [0.1, 0.15) is 11.8 Å². The van der Waals surface area contributed by atoms with Crippen LogP contribution < -0.4 is 29.1 Å². The number of esters is 1. The molecule has 4 rings (SSSR count). The summed E-state index contributed by atoms with van der Waals surface area (Å²) in [4.78, 5) is 32.7. The molecule has 0 bridgehead atoms. The van der Waals surface area contributed by atoms with Gasteiger partial charge in [-0.1, -0.05) is 48.4 Å². The number of benzene rings is 2. The lowest BCUT2D eigenvalue weighted by Crippen LogP contribution is -2.40. The first-order chi connectivity index (χ1) is 18.9. The lowest BCUT2D eigenvalue weighted by molar-refractivity contribution is -0.139. The summed E-state index contributed by atoms with van der Waals surface area (Å²) in [5.74, 6) is 1.07. The first-order valence-corrected chi connectivity index (χ1v) is 13.9. The van der Waals surface area contributed by atoms with Gasteiger partial charge in [-0.05, 0) is 50.6 Å². The fraction of sp³-hybridized carbons (Fsp3) is 0.345. The molecule has 0 fully saturated rings. The number of hydrogen-bond donors (Lipinski definition) is 0. The molecule has 8 nitrogen and oxygen atoms in total. The number of hydrogen-bond acceptors (Lipinski definition) is 8. The zero-order chi connectivity index (χ0) is 28.1. The van der Waals surface area contributed by atoms with Crippen molar-refractivity contribution in [3.05, 3.63) is 83.5 Å². The van der Waals surface area contributed by atoms with Gasteiger partial charge in [-0.3, -0.25) is 9.36 Å². The van der Waals surface area contributed by atoms with E-state index in [0.29, 0.717) is 67.0 Å². The normalized spacial score (nSPS) is 15.0. The van der Waals surface area contributed by atoms with Gasteiger partial charge in [0.05, 0.1) is 43.2 Å². The molecule has 1 aromatic heterocycles. The minimum absolute atomic E-state index is 0.182. The highest BCUT2D eigenvalue weighted by atomic mass is 35.5. The van der Waals surface area contributed by atoms with Crippen LogP contribution in [0.25, 0.3) is 6.08 Å². The van der Waals surface area contributed by atoms with E-state index in [9.17, 15) is 9.59 Å². The Morgan fingerprint density at radius 2 is 1.87 bits per heavy atom. The quantitative estimate of drug-likeness (QED) is 0.330. The number of carbonyl (C=O) groups excluding carboxylic acids is 1. The molecule has 0 spiro atoms. The SMILES string of the molecule is CCCC1=C(C(=O)OCC)[C@H](c2cc(Cl)ccc2OC)n2c(s/c(=C/c3cccc(OC)c3OCC)c2=O)=N1. The van der Waals surface area contributed by atoms with Crippen molar-refractivity contribution < 1.29 is 23.7 Å². The molecule has 0 unspecified atom stereocenters. The van der Waals surface area contributed by atoms with Crippen molar-refractivity contribution in [2.75, 3.05) is 27.4 Å². The van der Waals surface area contributed by atoms with Crippen molar-refractivity contribution >= 4 is 35.0 Å². The Morgan fingerprint density at radius 1 is 1.10 bits per heavy atom. The van der Waals surface area contributed by atoms with Gasteiger partial charge in [0, 0.05) is 16.1 Å². The number of nitrogens with zero attached hydrogens (tertiary/aromatic N) is 2. The van der Waals surface area contributed by atoms with Gasteiger partial charge in [0.15, 0.2) is 16.3 Å². The summed E-state index contributed by atoms with van der Waals surface area (Å²) in [5.41, 5.74) is 1.83. The van der Waals surface area contributed by atoms with Crippen LogP contribution in [0.1, 0.15) is 50.8 Å². The van der Waals surface area contributed by atoms with Crippen molar-refractivity contribution in [3.8, 4) is 17.2 Å². The van der Waals surface area contributed by atoms with Crippen LogP contribution in [-0.4, -0.2) is 38.0 Å². The standard InChI is InChI=1S/C29H31ClN2O6S/c1-6-10-20-24(28(34)38-8-3)25(19-16-18(30)13-14-21(19)35-4)32-27(33)23(39-29(32)31-20)15-17-11-9-12-22(36-5)26(17)37-7-2/h9,11-16,25H,6-8,10H2,1-5H3/b23-15+/t25-/m0/s1. The number of aromatic nitrogens is 1. The fourth-order valence-corrected chi connectivity index (χ4v) is 5.77. The number of allylic oxidation sites excluding steroid dienone is 1. The van der Waals surface area contributed by atoms with Gasteiger partial charge >= 0.3 is 5.97 Å². The zero-order valence-corrected chi connectivity index (χ0v) is 24.1. The molecule has 10 heteroatoms. The van der Waals surface area contributed by atoms with Gasteiger partial charge in [0.25, 0.3) is 5.56 Å². The number of halogens is 1. The number of carbonyl (C=O) groups is 1. The smallest absolute Gasteiger partial charge is 0.338 e. The lowest BCUT2D eigenvalue weighted by Gasteiger charge is -2.27. The average Bonchev–Trinajstić information content (AvgIpc) is 3.23. The predicted octanol–water partition coefficient (Wildman–Crippen LogP) is 4.65. The molecule has 2 heterocycles. The van der Waals surface area contributed by atoms with E-state index in [2.05, 4.69) is 0 Å². The topological polar surface area (TPSA) is 88.4 Å². The number of para-hydroxylation sites is 1. The maximum atomic E-state index is 14.1. The fourth-order valence-electron chi connectivity index (χ4n) is 4.58. The van der Waals surface area contributed by atoms with Crippen LogP contribution in [0.4, 0.5) is 0 Å². The van der Waals surface area contributed by atoms with Crippen LogP contribution >= 0.6 is 22.9 Å². The Morgan fingerprint density at radius 3 is 2.54 bits per heavy atom. The third kappa shape index (κ3) is 5.60. The second-order valence-corrected chi connectivity index (χ2v) is 10.1. The van der Waals surface area contributed by atoms with Crippen molar-refractivity contribution in [2.45, 2.75) is 39.7 Å². The largest absolute Gasteiger partial charge is 0.496 e. The Labute approximate surface area is 235 Å². The summed E-state index contributed by atoms with van der Waals surface area (Å²) in [6, 6.07) is 9.79. The first-order valence-electron chi connectivity index (χ1n) is 12.7. The molecule has 0 saturated carbocycles. The molecule has 1 aliphatic rings. The van der Waals surface area contributed by atoms with Crippen LogP contribution in [0.15, 0.2) is 57.5 Å². The summed E-state index contributed by atoms with van der Waals surface area (Å²) >= 11 is 7.65. The van der Waals surface area contributed by atoms with Crippen molar-refractivity contribution in [3.63, 3.8) is 0 Å². The molecule has 206 valence electrons. The molecule has 2 aromatic carbocycles. The summed E-state index contributed by atoms with van der Waals surface area (Å²) in [5, 5.41) is 0.447. The Hall–Kier alpha value is -3.56. The second-order valence-electron chi connectivity index (χ2n) is 8.61. The maximum absolute atomic E-state index is 14.1. The molecule has 39 heavy (non-hydrogen) atoms. The summed E-state index contributed by atoms with van der Waals surface area (Å²) < 4.78 is 24.4. The first kappa shape index (κ1) is 28.4. The number of fused-ring (bicyclic) bond motifs is 1. The van der Waals surface area contributed by atoms with Gasteiger partial charge in [0.2, 0.25) is 0 Å². The monoisotopic (exact) mass is 570 g/mol. The van der Waals surface area contributed by atoms with E-state index in [4.69, 9.17) is 35.5 Å². The summed E-state index contributed by atoms with van der Waals surface area (Å²) in [6.07, 6.45) is 3.04. The molecular formula is C29H31ClN2O6S. The van der Waals surface area contributed by atoms with Crippen molar-refractivity contribution in [1.29, 1.82) is 0 Å². The molecular weight excluding hydrogens is 540 g/mol. The molecule has 1 aliphatic heterocycles. The zero-order valence-electron chi connectivity index (χ0n) is 22.6. The van der Waals surface area contributed by atoms with Crippen molar-refractivity contribution in [2.24, 2.45) is 4.99 Å². The highest BCUT2D eigenvalue weighted by Crippen LogP contribution is 2.38. The number of rotatable bonds is 10. The third-order valence-corrected chi connectivity index (χ3v) is 7.40. The van der Waals surface area contributed by atoms with E-state index in [0.717, 1.165) is 6.42 Å². The van der Waals surface area contributed by atoms with Crippen LogP contribution in [0, 0.1) is 0 Å². The van der Waals surface area contributed by atoms with Crippen LogP contribution in [0.2, 0.25) is 5.02 Å². The maximum Gasteiger partial charge on any atom is 0.338 e. The van der Waals surface area contributed by atoms with Crippen molar-refractivity contribution in [1.82, 2.24) is 4.57 Å². The minimum Gasteiger partial charge on any atom is -0.496 e. The van der Waals surface area contributed by atoms with Gasteiger partial charge in [-0.15, -0.1) is 0 Å². The van der Waals surface area contributed by atoms with E-state index < -0.39 is 12.0 Å². The predicted molar refractivity (Wildman–Crippen MR) is 152 cm³/mol. The number of methoxy groups -OCH3 is 2. The summed E-state index contributed by atoms with van der Waals surface area (Å²) in [6.45, 7) is 6.25. The minimum atomic E-state index is -0.839. The van der Waals surface area contributed by atoms with E-state index in [1.807, 2.05) is 26.0 Å². The van der Waals surface area contributed by atoms with Gasteiger partial charge in [-0.2, -0.15) is 0 Å². The van der Waals surface area contributed by atoms with Gasteiger partial charge < -0.3 is 18.9 Å². The Kier molecular flexibility index (Phi) is 9.14. The van der Waals surface area contributed by atoms with E-state index >= 15 is 0 Å².